The molecular weight excluding hydrogens is 316 g/mol. The molecule has 4 saturated carbocycles. The fourth-order valence-corrected chi connectivity index (χ4v) is 5.94. The molecule has 0 heterocycles. The Balaban J connectivity index is 1.80. The molecule has 0 saturated heterocycles. The summed E-state index contributed by atoms with van der Waals surface area (Å²) in [5.41, 5.74) is -0.561. The van der Waals surface area contributed by atoms with Gasteiger partial charge in [-0.25, -0.2) is 0 Å². The molecule has 132 valence electrons. The molecule has 0 aliphatic heterocycles. The molecule has 4 bridgehead atoms. The number of rotatable bonds is 3. The summed E-state index contributed by atoms with van der Waals surface area (Å²) >= 11 is 0. The number of hydrogen-bond donors (Lipinski definition) is 0. The number of Topliss-reactive ketones (excluding diaryl/α,β-unsaturated/α-hetero) is 2. The lowest BCUT2D eigenvalue weighted by Gasteiger charge is -2.59. The van der Waals surface area contributed by atoms with Crippen molar-refractivity contribution in [3.63, 3.8) is 0 Å². The Morgan fingerprint density at radius 1 is 1.16 bits per heavy atom. The predicted molar refractivity (Wildman–Crippen MR) is 91.8 cm³/mol. The van der Waals surface area contributed by atoms with Gasteiger partial charge in [-0.15, -0.1) is 0 Å². The third kappa shape index (κ3) is 2.16. The van der Waals surface area contributed by atoms with Crippen LogP contribution in [-0.2, 0) is 14.3 Å². The molecular formula is C21H24O4. The van der Waals surface area contributed by atoms with E-state index in [0.29, 0.717) is 11.5 Å². The van der Waals surface area contributed by atoms with Gasteiger partial charge in [0, 0.05) is 11.5 Å². The van der Waals surface area contributed by atoms with E-state index in [1.54, 1.807) is 19.1 Å². The molecule has 4 heteroatoms. The van der Waals surface area contributed by atoms with Gasteiger partial charge in [-0.05, 0) is 43.9 Å². The number of benzene rings is 1. The van der Waals surface area contributed by atoms with Crippen LogP contribution in [0.1, 0.15) is 43.0 Å². The molecule has 1 aromatic rings. The van der Waals surface area contributed by atoms with Gasteiger partial charge in [0.1, 0.15) is 5.78 Å². The minimum atomic E-state index is -1.12. The molecule has 0 amide bonds. The number of carbonyl (C=O) groups is 3. The number of fused-ring (bicyclic) bond motifs is 1. The fourth-order valence-electron chi connectivity index (χ4n) is 5.94. The molecule has 0 spiro atoms. The summed E-state index contributed by atoms with van der Waals surface area (Å²) in [5.74, 6) is -0.697. The van der Waals surface area contributed by atoms with Crippen LogP contribution >= 0.6 is 0 Å². The Morgan fingerprint density at radius 3 is 2.56 bits per heavy atom. The van der Waals surface area contributed by atoms with Crippen LogP contribution in [0.25, 0.3) is 0 Å². The van der Waals surface area contributed by atoms with Crippen LogP contribution in [-0.4, -0.2) is 24.6 Å². The zero-order chi connectivity index (χ0) is 17.8. The van der Waals surface area contributed by atoms with Gasteiger partial charge in [0.05, 0.1) is 18.4 Å². The zero-order valence-electron chi connectivity index (χ0n) is 14.7. The molecule has 4 nitrogen and oxygen atoms in total. The second-order valence-electron chi connectivity index (χ2n) is 8.03. The molecule has 0 radical (unpaired) electrons. The maximum absolute atomic E-state index is 13.4. The monoisotopic (exact) mass is 340 g/mol. The van der Waals surface area contributed by atoms with Gasteiger partial charge in [0.25, 0.3) is 0 Å². The van der Waals surface area contributed by atoms with Crippen molar-refractivity contribution in [1.29, 1.82) is 0 Å². The van der Waals surface area contributed by atoms with Gasteiger partial charge in [-0.3, -0.25) is 14.4 Å². The van der Waals surface area contributed by atoms with Crippen LogP contribution < -0.4 is 0 Å². The van der Waals surface area contributed by atoms with Crippen LogP contribution in [0, 0.1) is 35.0 Å². The van der Waals surface area contributed by atoms with E-state index < -0.39 is 5.41 Å². The van der Waals surface area contributed by atoms with E-state index in [9.17, 15) is 14.4 Å². The molecule has 0 aromatic heterocycles. The molecule has 5 rings (SSSR count). The summed E-state index contributed by atoms with van der Waals surface area (Å²) in [6, 6.07) is 9.01. The van der Waals surface area contributed by atoms with E-state index in [-0.39, 0.29) is 41.2 Å². The van der Waals surface area contributed by atoms with Crippen molar-refractivity contribution in [2.45, 2.75) is 32.6 Å². The lowest BCUT2D eigenvalue weighted by molar-refractivity contribution is -0.178. The lowest BCUT2D eigenvalue weighted by atomic mass is 9.41. The summed E-state index contributed by atoms with van der Waals surface area (Å²) in [4.78, 5) is 39.3. The van der Waals surface area contributed by atoms with Crippen LogP contribution in [0.2, 0.25) is 0 Å². The molecule has 4 aliphatic rings. The van der Waals surface area contributed by atoms with Crippen LogP contribution in [0.15, 0.2) is 30.3 Å². The Morgan fingerprint density at radius 2 is 1.88 bits per heavy atom. The highest BCUT2D eigenvalue weighted by Crippen LogP contribution is 2.62. The Hall–Kier alpha value is -1.97. The average Bonchev–Trinajstić information content (AvgIpc) is 2.64. The van der Waals surface area contributed by atoms with Crippen molar-refractivity contribution in [1.82, 2.24) is 0 Å². The first kappa shape index (κ1) is 16.5. The Bertz CT molecular complexity index is 725. The van der Waals surface area contributed by atoms with Gasteiger partial charge in [0.2, 0.25) is 0 Å². The molecule has 0 unspecified atom stereocenters. The van der Waals surface area contributed by atoms with E-state index >= 15 is 0 Å². The third-order valence-corrected chi connectivity index (χ3v) is 7.07. The fraction of sp³-hybridized carbons (Fsp3) is 0.571. The van der Waals surface area contributed by atoms with Gasteiger partial charge < -0.3 is 4.74 Å². The summed E-state index contributed by atoms with van der Waals surface area (Å²) in [6.45, 7) is 1.77. The zero-order valence-corrected chi connectivity index (χ0v) is 14.7. The molecule has 1 aromatic carbocycles. The van der Waals surface area contributed by atoms with Crippen molar-refractivity contribution in [3.05, 3.63) is 35.9 Å². The SMILES string of the molecule is COC(=O)[C@@H]1[C@H]2CCC[C@H]3C[C@@H]1[C@](C)(C(=O)c1ccccc1)C(=O)[C@H]32. The third-order valence-electron chi connectivity index (χ3n) is 7.07. The van der Waals surface area contributed by atoms with Crippen LogP contribution in [0.3, 0.4) is 0 Å². The molecule has 25 heavy (non-hydrogen) atoms. The van der Waals surface area contributed by atoms with Gasteiger partial charge >= 0.3 is 5.97 Å². The highest BCUT2D eigenvalue weighted by atomic mass is 16.5. The van der Waals surface area contributed by atoms with Crippen molar-refractivity contribution in [2.75, 3.05) is 7.11 Å². The van der Waals surface area contributed by atoms with Crippen molar-refractivity contribution in [3.8, 4) is 0 Å². The quantitative estimate of drug-likeness (QED) is 0.481. The first-order valence-electron chi connectivity index (χ1n) is 9.22. The number of methoxy groups -OCH3 is 1. The topological polar surface area (TPSA) is 60.4 Å². The minimum absolute atomic E-state index is 0.0501. The van der Waals surface area contributed by atoms with Crippen molar-refractivity contribution >= 4 is 17.5 Å². The first-order chi connectivity index (χ1) is 12.0. The smallest absolute Gasteiger partial charge is 0.309 e. The lowest BCUT2D eigenvalue weighted by Crippen LogP contribution is -2.65. The highest BCUT2D eigenvalue weighted by Gasteiger charge is 2.67. The summed E-state index contributed by atoms with van der Waals surface area (Å²) < 4.78 is 5.09. The number of ether oxygens (including phenoxy) is 1. The standard InChI is InChI=1S/C21H24O4/c1-21(18(22)12-7-4-3-5-8-12)15-11-13-9-6-10-14(16(13)19(21)23)17(15)20(24)25-2/h3-5,7-8,13-17H,6,9-11H2,1-2H3/t13-,14-,15-,16+,17+,21+/m0/s1. The van der Waals surface area contributed by atoms with E-state index in [1.165, 1.54) is 7.11 Å². The van der Waals surface area contributed by atoms with E-state index in [4.69, 9.17) is 4.74 Å². The Kier molecular flexibility index (Phi) is 3.82. The molecule has 6 atom stereocenters. The van der Waals surface area contributed by atoms with E-state index in [2.05, 4.69) is 0 Å². The number of ketones is 2. The Labute approximate surface area is 147 Å². The number of esters is 1. The first-order valence-corrected chi connectivity index (χ1v) is 9.22. The van der Waals surface area contributed by atoms with Crippen molar-refractivity contribution < 1.29 is 19.1 Å². The summed E-state index contributed by atoms with van der Waals surface area (Å²) in [7, 11) is 1.41. The molecule has 4 aliphatic carbocycles. The van der Waals surface area contributed by atoms with Gasteiger partial charge in [-0.2, -0.15) is 0 Å². The number of hydrogen-bond acceptors (Lipinski definition) is 4. The average molecular weight is 340 g/mol. The van der Waals surface area contributed by atoms with Crippen molar-refractivity contribution in [2.24, 2.45) is 35.0 Å². The van der Waals surface area contributed by atoms with E-state index in [0.717, 1.165) is 25.7 Å². The van der Waals surface area contributed by atoms with Gasteiger partial charge in [-0.1, -0.05) is 36.8 Å². The minimum Gasteiger partial charge on any atom is -0.469 e. The van der Waals surface area contributed by atoms with Gasteiger partial charge in [0.15, 0.2) is 5.78 Å². The second kappa shape index (κ2) is 5.79. The highest BCUT2D eigenvalue weighted by molar-refractivity contribution is 6.16. The summed E-state index contributed by atoms with van der Waals surface area (Å²) in [6.07, 6.45) is 3.76. The molecule has 0 N–H and O–H groups in total. The predicted octanol–water partition coefficient (Wildman–Crippen LogP) is 3.30. The second-order valence-corrected chi connectivity index (χ2v) is 8.03. The number of carbonyl (C=O) groups excluding carboxylic acids is 3. The maximum atomic E-state index is 13.4. The van der Waals surface area contributed by atoms with E-state index in [1.807, 2.05) is 18.2 Å². The molecule has 4 fully saturated rings. The normalized spacial score (nSPS) is 39.1. The summed E-state index contributed by atoms with van der Waals surface area (Å²) in [5, 5.41) is 0. The van der Waals surface area contributed by atoms with Crippen LogP contribution in [0.5, 0.6) is 0 Å². The van der Waals surface area contributed by atoms with Crippen LogP contribution in [0.4, 0.5) is 0 Å². The largest absolute Gasteiger partial charge is 0.469 e. The maximum Gasteiger partial charge on any atom is 0.309 e.